The number of carbonyl (C=O) groups excluding carboxylic acids is 1. The topological polar surface area (TPSA) is 81.1 Å². The van der Waals surface area contributed by atoms with Gasteiger partial charge in [-0.25, -0.2) is 9.59 Å². The SMILES string of the molecule is CC(C)C1SCC(C(=O)O)N1C(=O)N1CCCC(C)(O)C1. The molecule has 0 spiro atoms. The van der Waals surface area contributed by atoms with E-state index in [-0.39, 0.29) is 23.9 Å². The van der Waals surface area contributed by atoms with E-state index in [0.717, 1.165) is 6.42 Å². The Morgan fingerprint density at radius 1 is 1.38 bits per heavy atom. The molecular formula is C14H24N2O4S. The number of urea groups is 1. The fraction of sp³-hybridized carbons (Fsp3) is 0.857. The van der Waals surface area contributed by atoms with E-state index >= 15 is 0 Å². The average Bonchev–Trinajstić information content (AvgIpc) is 2.81. The van der Waals surface area contributed by atoms with Gasteiger partial charge < -0.3 is 15.1 Å². The molecule has 2 aliphatic heterocycles. The van der Waals surface area contributed by atoms with Crippen LogP contribution < -0.4 is 0 Å². The number of rotatable bonds is 2. The van der Waals surface area contributed by atoms with Crippen molar-refractivity contribution in [1.29, 1.82) is 0 Å². The highest BCUT2D eigenvalue weighted by molar-refractivity contribution is 8.00. The summed E-state index contributed by atoms with van der Waals surface area (Å²) in [5.74, 6) is -0.342. The number of carbonyl (C=O) groups is 2. The predicted molar refractivity (Wildman–Crippen MR) is 81.2 cm³/mol. The van der Waals surface area contributed by atoms with Gasteiger partial charge in [-0.1, -0.05) is 13.8 Å². The molecule has 3 atom stereocenters. The Balaban J connectivity index is 2.18. The largest absolute Gasteiger partial charge is 0.480 e. The maximum absolute atomic E-state index is 12.8. The molecule has 21 heavy (non-hydrogen) atoms. The van der Waals surface area contributed by atoms with Crippen LogP contribution in [-0.2, 0) is 4.79 Å². The lowest BCUT2D eigenvalue weighted by molar-refractivity contribution is -0.141. The molecule has 2 amide bonds. The Labute approximate surface area is 129 Å². The number of amides is 2. The Morgan fingerprint density at radius 2 is 2.05 bits per heavy atom. The summed E-state index contributed by atoms with van der Waals surface area (Å²) in [5, 5.41) is 19.4. The van der Waals surface area contributed by atoms with Gasteiger partial charge in [0.15, 0.2) is 0 Å². The zero-order valence-electron chi connectivity index (χ0n) is 12.8. The fourth-order valence-electron chi connectivity index (χ4n) is 3.02. The van der Waals surface area contributed by atoms with Crippen molar-refractivity contribution >= 4 is 23.8 Å². The maximum atomic E-state index is 12.8. The molecule has 0 aromatic heterocycles. The normalized spacial score (nSPS) is 33.6. The molecule has 120 valence electrons. The molecule has 0 aromatic rings. The number of aliphatic carboxylic acids is 1. The van der Waals surface area contributed by atoms with Crippen molar-refractivity contribution in [2.45, 2.75) is 50.6 Å². The van der Waals surface area contributed by atoms with Crippen molar-refractivity contribution in [3.05, 3.63) is 0 Å². The molecule has 2 saturated heterocycles. The van der Waals surface area contributed by atoms with Gasteiger partial charge in [0.2, 0.25) is 0 Å². The van der Waals surface area contributed by atoms with E-state index in [1.165, 1.54) is 16.7 Å². The van der Waals surface area contributed by atoms with Gasteiger partial charge in [0, 0.05) is 12.3 Å². The molecule has 2 heterocycles. The Kier molecular flexibility index (Phi) is 4.72. The Hall–Kier alpha value is -0.950. The third-order valence-electron chi connectivity index (χ3n) is 4.06. The van der Waals surface area contributed by atoms with Crippen LogP contribution in [0.5, 0.6) is 0 Å². The number of β-amino-alcohol motifs (C(OH)–C–C–N with tert-alkyl or cyclic N) is 1. The van der Waals surface area contributed by atoms with E-state index in [1.807, 2.05) is 13.8 Å². The van der Waals surface area contributed by atoms with Gasteiger partial charge in [-0.05, 0) is 25.7 Å². The first kappa shape index (κ1) is 16.4. The predicted octanol–water partition coefficient (Wildman–Crippen LogP) is 1.44. The molecule has 2 fully saturated rings. The Morgan fingerprint density at radius 3 is 2.57 bits per heavy atom. The summed E-state index contributed by atoms with van der Waals surface area (Å²) in [6.45, 7) is 6.56. The molecule has 6 nitrogen and oxygen atoms in total. The minimum atomic E-state index is -0.956. The summed E-state index contributed by atoms with van der Waals surface area (Å²) >= 11 is 1.52. The molecule has 0 bridgehead atoms. The van der Waals surface area contributed by atoms with Crippen molar-refractivity contribution in [1.82, 2.24) is 9.80 Å². The monoisotopic (exact) mass is 316 g/mol. The van der Waals surface area contributed by atoms with E-state index in [9.17, 15) is 19.8 Å². The van der Waals surface area contributed by atoms with Crippen LogP contribution in [0.15, 0.2) is 0 Å². The van der Waals surface area contributed by atoms with E-state index in [1.54, 1.807) is 11.8 Å². The summed E-state index contributed by atoms with van der Waals surface area (Å²) in [5.41, 5.74) is -0.882. The van der Waals surface area contributed by atoms with Crippen molar-refractivity contribution in [2.24, 2.45) is 5.92 Å². The zero-order valence-corrected chi connectivity index (χ0v) is 13.6. The second kappa shape index (κ2) is 6.04. The first-order valence-corrected chi connectivity index (χ1v) is 8.42. The summed E-state index contributed by atoms with van der Waals surface area (Å²) in [7, 11) is 0. The number of hydrogen-bond acceptors (Lipinski definition) is 4. The second-order valence-corrected chi connectivity index (χ2v) is 7.68. The molecule has 0 saturated carbocycles. The summed E-state index contributed by atoms with van der Waals surface area (Å²) < 4.78 is 0. The van der Waals surface area contributed by atoms with Crippen LogP contribution in [0.3, 0.4) is 0 Å². The lowest BCUT2D eigenvalue weighted by atomic mass is 9.95. The van der Waals surface area contributed by atoms with Crippen molar-refractivity contribution in [2.75, 3.05) is 18.8 Å². The zero-order chi connectivity index (χ0) is 15.8. The maximum Gasteiger partial charge on any atom is 0.327 e. The van der Waals surface area contributed by atoms with Gasteiger partial charge in [-0.15, -0.1) is 11.8 Å². The van der Waals surface area contributed by atoms with Gasteiger partial charge in [0.05, 0.1) is 17.5 Å². The molecule has 3 unspecified atom stereocenters. The summed E-state index contributed by atoms with van der Waals surface area (Å²) in [6.07, 6.45) is 1.41. The highest BCUT2D eigenvalue weighted by atomic mass is 32.2. The first-order valence-electron chi connectivity index (χ1n) is 7.37. The third kappa shape index (κ3) is 3.45. The number of aliphatic hydroxyl groups is 1. The standard InChI is InChI=1S/C14H24N2O4S/c1-9(2)11-16(10(7-21-11)12(17)18)13(19)15-6-4-5-14(3,20)8-15/h9-11,20H,4-8H2,1-3H3,(H,17,18). The van der Waals surface area contributed by atoms with E-state index < -0.39 is 17.6 Å². The molecule has 7 heteroatoms. The van der Waals surface area contributed by atoms with Gasteiger partial charge in [-0.3, -0.25) is 4.90 Å². The molecule has 2 N–H and O–H groups in total. The highest BCUT2D eigenvalue weighted by Crippen LogP contribution is 2.35. The van der Waals surface area contributed by atoms with Crippen LogP contribution in [0.2, 0.25) is 0 Å². The quantitative estimate of drug-likeness (QED) is 0.805. The van der Waals surface area contributed by atoms with Crippen LogP contribution in [0.25, 0.3) is 0 Å². The summed E-state index contributed by atoms with van der Waals surface area (Å²) in [4.78, 5) is 27.3. The summed E-state index contributed by atoms with van der Waals surface area (Å²) in [6, 6.07) is -1.03. The van der Waals surface area contributed by atoms with Crippen molar-refractivity contribution in [3.8, 4) is 0 Å². The lowest BCUT2D eigenvalue weighted by Gasteiger charge is -2.41. The van der Waals surface area contributed by atoms with Gasteiger partial charge in [0.25, 0.3) is 0 Å². The van der Waals surface area contributed by atoms with Crippen LogP contribution in [-0.4, -0.2) is 67.9 Å². The Bertz CT molecular complexity index is 427. The minimum absolute atomic E-state index is 0.120. The number of hydrogen-bond donors (Lipinski definition) is 2. The number of carboxylic acids is 1. The number of likely N-dealkylation sites (tertiary alicyclic amines) is 1. The van der Waals surface area contributed by atoms with Crippen molar-refractivity contribution < 1.29 is 19.8 Å². The third-order valence-corrected chi connectivity index (χ3v) is 5.68. The second-order valence-electron chi connectivity index (χ2n) is 6.53. The number of nitrogens with zero attached hydrogens (tertiary/aromatic N) is 2. The highest BCUT2D eigenvalue weighted by Gasteiger charge is 2.45. The average molecular weight is 316 g/mol. The molecule has 2 rings (SSSR count). The fourth-order valence-corrected chi connectivity index (χ4v) is 4.49. The number of piperidine rings is 1. The van der Waals surface area contributed by atoms with Crippen LogP contribution >= 0.6 is 11.8 Å². The number of thioether (sulfide) groups is 1. The molecule has 2 aliphatic rings. The first-order chi connectivity index (χ1) is 9.73. The van der Waals surface area contributed by atoms with Gasteiger partial charge in [-0.2, -0.15) is 0 Å². The van der Waals surface area contributed by atoms with Crippen LogP contribution in [0.4, 0.5) is 4.79 Å². The van der Waals surface area contributed by atoms with Crippen LogP contribution in [0.1, 0.15) is 33.6 Å². The van der Waals surface area contributed by atoms with E-state index in [0.29, 0.717) is 18.7 Å². The van der Waals surface area contributed by atoms with Crippen molar-refractivity contribution in [3.63, 3.8) is 0 Å². The molecule has 0 aromatic carbocycles. The molecular weight excluding hydrogens is 292 g/mol. The van der Waals surface area contributed by atoms with Gasteiger partial charge >= 0.3 is 12.0 Å². The smallest absolute Gasteiger partial charge is 0.327 e. The van der Waals surface area contributed by atoms with E-state index in [2.05, 4.69) is 0 Å². The van der Waals surface area contributed by atoms with Crippen LogP contribution in [0, 0.1) is 5.92 Å². The molecule has 0 radical (unpaired) electrons. The number of carboxylic acid groups (broad SMARTS) is 1. The lowest BCUT2D eigenvalue weighted by Crippen LogP contribution is -2.57. The molecule has 0 aliphatic carbocycles. The van der Waals surface area contributed by atoms with E-state index in [4.69, 9.17) is 0 Å². The van der Waals surface area contributed by atoms with Gasteiger partial charge in [0.1, 0.15) is 6.04 Å². The minimum Gasteiger partial charge on any atom is -0.480 e.